The average Bonchev–Trinajstić information content (AvgIpc) is 2.53. The van der Waals surface area contributed by atoms with Crippen molar-refractivity contribution in [3.63, 3.8) is 0 Å². The van der Waals surface area contributed by atoms with Crippen molar-refractivity contribution in [3.05, 3.63) is 33.4 Å². The molecule has 1 saturated carbocycles. The molecule has 0 unspecified atom stereocenters. The van der Waals surface area contributed by atoms with E-state index in [1.54, 1.807) is 0 Å². The van der Waals surface area contributed by atoms with Crippen LogP contribution in [0.15, 0.2) is 24.3 Å². The van der Waals surface area contributed by atoms with Crippen LogP contribution in [0.3, 0.4) is 0 Å². The molecule has 2 heteroatoms. The van der Waals surface area contributed by atoms with E-state index in [9.17, 15) is 4.79 Å². The molecule has 1 atom stereocenters. The lowest BCUT2D eigenvalue weighted by Crippen LogP contribution is -1.93. The van der Waals surface area contributed by atoms with Crippen LogP contribution in [-0.2, 0) is 4.79 Å². The molecule has 1 aromatic carbocycles. The zero-order valence-corrected chi connectivity index (χ0v) is 9.45. The monoisotopic (exact) mass is 286 g/mol. The van der Waals surface area contributed by atoms with Crippen molar-refractivity contribution in [2.45, 2.75) is 25.2 Å². The van der Waals surface area contributed by atoms with Crippen LogP contribution in [0.1, 0.15) is 30.7 Å². The Labute approximate surface area is 91.7 Å². The summed E-state index contributed by atoms with van der Waals surface area (Å²) in [7, 11) is 0. The molecule has 0 spiro atoms. The minimum Gasteiger partial charge on any atom is -0.300 e. The predicted octanol–water partition coefficient (Wildman–Crippen LogP) is 3.13. The molecule has 0 amide bonds. The lowest BCUT2D eigenvalue weighted by Gasteiger charge is -2.07. The molecule has 1 aliphatic rings. The first kappa shape index (κ1) is 9.19. The van der Waals surface area contributed by atoms with Gasteiger partial charge in [0.2, 0.25) is 0 Å². The maximum atomic E-state index is 11.1. The van der Waals surface area contributed by atoms with E-state index >= 15 is 0 Å². The number of hydrogen-bond acceptors (Lipinski definition) is 1. The van der Waals surface area contributed by atoms with E-state index in [1.165, 1.54) is 9.13 Å². The van der Waals surface area contributed by atoms with Gasteiger partial charge in [-0.05, 0) is 52.6 Å². The van der Waals surface area contributed by atoms with E-state index in [0.29, 0.717) is 11.7 Å². The van der Waals surface area contributed by atoms with Crippen LogP contribution in [-0.4, -0.2) is 5.78 Å². The predicted molar refractivity (Wildman–Crippen MR) is 60.8 cm³/mol. The number of carbonyl (C=O) groups is 1. The fraction of sp³-hybridized carbons (Fsp3) is 0.364. The van der Waals surface area contributed by atoms with Gasteiger partial charge in [-0.15, -0.1) is 0 Å². The molecule has 0 radical (unpaired) electrons. The molecule has 0 heterocycles. The van der Waals surface area contributed by atoms with E-state index in [0.717, 1.165) is 19.3 Å². The van der Waals surface area contributed by atoms with Crippen LogP contribution in [0.2, 0.25) is 0 Å². The first-order chi connectivity index (χ1) is 6.25. The maximum absolute atomic E-state index is 11.1. The Kier molecular flexibility index (Phi) is 2.67. The van der Waals surface area contributed by atoms with E-state index in [4.69, 9.17) is 0 Å². The van der Waals surface area contributed by atoms with Gasteiger partial charge in [-0.3, -0.25) is 4.79 Å². The van der Waals surface area contributed by atoms with Crippen molar-refractivity contribution < 1.29 is 4.79 Å². The minimum atomic E-state index is 0.420. The summed E-state index contributed by atoms with van der Waals surface area (Å²) in [6.07, 6.45) is 2.57. The van der Waals surface area contributed by atoms with Gasteiger partial charge in [0.1, 0.15) is 5.78 Å². The van der Waals surface area contributed by atoms with Gasteiger partial charge in [-0.2, -0.15) is 0 Å². The van der Waals surface area contributed by atoms with Crippen LogP contribution in [0, 0.1) is 3.57 Å². The highest BCUT2D eigenvalue weighted by molar-refractivity contribution is 14.1. The lowest BCUT2D eigenvalue weighted by atomic mass is 9.98. The molecule has 1 aliphatic carbocycles. The third kappa shape index (κ3) is 2.10. The Hall–Kier alpha value is -0.380. The number of carbonyl (C=O) groups excluding carboxylic acids is 1. The van der Waals surface area contributed by atoms with E-state index in [1.807, 2.05) is 0 Å². The number of Topliss-reactive ketones (excluding diaryl/α,β-unsaturated/α-hetero) is 1. The topological polar surface area (TPSA) is 17.1 Å². The van der Waals surface area contributed by atoms with Crippen molar-refractivity contribution in [3.8, 4) is 0 Å². The van der Waals surface area contributed by atoms with Crippen molar-refractivity contribution in [1.29, 1.82) is 0 Å². The number of ketones is 1. The molecule has 0 aliphatic heterocycles. The number of hydrogen-bond donors (Lipinski definition) is 0. The molecule has 0 bridgehead atoms. The Morgan fingerprint density at radius 1 is 1.23 bits per heavy atom. The standard InChI is InChI=1S/C11H11IO/c12-10-4-1-8(2-5-10)9-3-6-11(13)7-9/h1-2,4-5,9H,3,6-7H2/t9-/m0/s1. The Morgan fingerprint density at radius 3 is 2.46 bits per heavy atom. The smallest absolute Gasteiger partial charge is 0.133 e. The van der Waals surface area contributed by atoms with Gasteiger partial charge in [-0.1, -0.05) is 12.1 Å². The first-order valence-electron chi connectivity index (χ1n) is 4.53. The van der Waals surface area contributed by atoms with Gasteiger partial charge in [0.25, 0.3) is 0 Å². The molecule has 68 valence electrons. The second-order valence-corrected chi connectivity index (χ2v) is 4.78. The summed E-state index contributed by atoms with van der Waals surface area (Å²) in [5.74, 6) is 0.910. The Bertz CT molecular complexity index is 315. The number of halogens is 1. The normalized spacial score (nSPS) is 22.2. The highest BCUT2D eigenvalue weighted by Crippen LogP contribution is 2.31. The highest BCUT2D eigenvalue weighted by atomic mass is 127. The summed E-state index contributed by atoms with van der Waals surface area (Å²) < 4.78 is 1.26. The maximum Gasteiger partial charge on any atom is 0.133 e. The van der Waals surface area contributed by atoms with Gasteiger partial charge in [0.15, 0.2) is 0 Å². The van der Waals surface area contributed by atoms with Crippen LogP contribution in [0.5, 0.6) is 0 Å². The van der Waals surface area contributed by atoms with Crippen LogP contribution in [0.4, 0.5) is 0 Å². The van der Waals surface area contributed by atoms with Gasteiger partial charge in [-0.25, -0.2) is 0 Å². The summed E-state index contributed by atoms with van der Waals surface area (Å²) in [5, 5.41) is 0. The third-order valence-corrected chi connectivity index (χ3v) is 3.31. The molecular formula is C11H11IO. The number of benzene rings is 1. The molecule has 2 rings (SSSR count). The lowest BCUT2D eigenvalue weighted by molar-refractivity contribution is -0.117. The second-order valence-electron chi connectivity index (χ2n) is 3.53. The second kappa shape index (κ2) is 3.78. The summed E-state index contributed by atoms with van der Waals surface area (Å²) >= 11 is 2.30. The molecule has 0 aromatic heterocycles. The van der Waals surface area contributed by atoms with E-state index in [-0.39, 0.29) is 0 Å². The SMILES string of the molecule is O=C1CC[C@H](c2ccc(I)cc2)C1. The zero-order chi connectivity index (χ0) is 9.26. The van der Waals surface area contributed by atoms with Crippen molar-refractivity contribution in [1.82, 2.24) is 0 Å². The van der Waals surface area contributed by atoms with Crippen LogP contribution < -0.4 is 0 Å². The molecule has 0 N–H and O–H groups in total. The summed E-state index contributed by atoms with van der Waals surface area (Å²) in [4.78, 5) is 11.1. The van der Waals surface area contributed by atoms with Gasteiger partial charge >= 0.3 is 0 Å². The summed E-state index contributed by atoms with van der Waals surface area (Å²) in [6.45, 7) is 0. The van der Waals surface area contributed by atoms with E-state index in [2.05, 4.69) is 46.9 Å². The molecular weight excluding hydrogens is 275 g/mol. The largest absolute Gasteiger partial charge is 0.300 e. The van der Waals surface area contributed by atoms with Gasteiger partial charge in [0.05, 0.1) is 0 Å². The summed E-state index contributed by atoms with van der Waals surface area (Å²) in [6, 6.07) is 8.51. The first-order valence-corrected chi connectivity index (χ1v) is 5.61. The Balaban J connectivity index is 2.17. The van der Waals surface area contributed by atoms with Gasteiger partial charge in [0, 0.05) is 16.4 Å². The Morgan fingerprint density at radius 2 is 1.92 bits per heavy atom. The van der Waals surface area contributed by atoms with Gasteiger partial charge < -0.3 is 0 Å². The third-order valence-electron chi connectivity index (χ3n) is 2.59. The summed E-state index contributed by atoms with van der Waals surface area (Å²) in [5.41, 5.74) is 1.33. The van der Waals surface area contributed by atoms with Crippen molar-refractivity contribution >= 4 is 28.4 Å². The fourth-order valence-corrected chi connectivity index (χ4v) is 2.19. The number of rotatable bonds is 1. The molecule has 1 nitrogen and oxygen atoms in total. The zero-order valence-electron chi connectivity index (χ0n) is 7.29. The highest BCUT2D eigenvalue weighted by Gasteiger charge is 2.22. The average molecular weight is 286 g/mol. The molecule has 13 heavy (non-hydrogen) atoms. The molecule has 0 saturated heterocycles. The van der Waals surface area contributed by atoms with Crippen LogP contribution in [0.25, 0.3) is 0 Å². The molecule has 1 aromatic rings. The minimum absolute atomic E-state index is 0.420. The fourth-order valence-electron chi connectivity index (χ4n) is 1.83. The van der Waals surface area contributed by atoms with Crippen LogP contribution >= 0.6 is 22.6 Å². The van der Waals surface area contributed by atoms with E-state index < -0.39 is 0 Å². The van der Waals surface area contributed by atoms with Crippen molar-refractivity contribution in [2.24, 2.45) is 0 Å². The quantitative estimate of drug-likeness (QED) is 0.725. The van der Waals surface area contributed by atoms with Crippen molar-refractivity contribution in [2.75, 3.05) is 0 Å². The molecule has 1 fully saturated rings.